The predicted octanol–water partition coefficient (Wildman–Crippen LogP) is -0.199. The molecule has 1 aromatic heterocycles. The van der Waals surface area contributed by atoms with Gasteiger partial charge in [0, 0.05) is 12.3 Å². The number of rotatable bonds is 6. The summed E-state index contributed by atoms with van der Waals surface area (Å²) in [7, 11) is -2.98. The normalized spacial score (nSPS) is 11.6. The minimum atomic E-state index is -2.98. The van der Waals surface area contributed by atoms with Crippen LogP contribution in [0.4, 0.5) is 0 Å². The van der Waals surface area contributed by atoms with Gasteiger partial charge < -0.3 is 5.11 Å². The molecule has 1 heterocycles. The first-order chi connectivity index (χ1) is 7.44. The third kappa shape index (κ3) is 3.61. The van der Waals surface area contributed by atoms with Crippen LogP contribution in [0.2, 0.25) is 0 Å². The Labute approximate surface area is 93.0 Å². The highest BCUT2D eigenvalue weighted by molar-refractivity contribution is 7.91. The molecule has 7 nitrogen and oxygen atoms in total. The molecule has 90 valence electrons. The summed E-state index contributed by atoms with van der Waals surface area (Å²) in [5, 5.41) is 15.6. The number of hydrogen-bond donors (Lipinski definition) is 1. The van der Waals surface area contributed by atoms with Gasteiger partial charge >= 0.3 is 5.97 Å². The van der Waals surface area contributed by atoms with Crippen molar-refractivity contribution in [2.45, 2.75) is 19.9 Å². The second kappa shape index (κ2) is 5.06. The Morgan fingerprint density at radius 3 is 2.75 bits per heavy atom. The van der Waals surface area contributed by atoms with Crippen molar-refractivity contribution in [2.24, 2.45) is 0 Å². The molecule has 1 N–H and O–H groups in total. The summed E-state index contributed by atoms with van der Waals surface area (Å²) in [5.41, 5.74) is -0.140. The molecular weight excluding hydrogens is 234 g/mol. The Morgan fingerprint density at radius 2 is 2.25 bits per heavy atom. The maximum absolute atomic E-state index is 11.2. The van der Waals surface area contributed by atoms with Crippen LogP contribution in [0.3, 0.4) is 0 Å². The summed E-state index contributed by atoms with van der Waals surface area (Å²) < 4.78 is 23.7. The summed E-state index contributed by atoms with van der Waals surface area (Å²) >= 11 is 0. The number of nitrogens with zero attached hydrogens (tertiary/aromatic N) is 3. The number of aromatic carboxylic acids is 1. The number of aromatic nitrogens is 3. The zero-order chi connectivity index (χ0) is 12.2. The number of aryl methyl sites for hydroxylation is 1. The van der Waals surface area contributed by atoms with E-state index in [1.165, 1.54) is 10.9 Å². The number of hydrogen-bond acceptors (Lipinski definition) is 5. The first-order valence-electron chi connectivity index (χ1n) is 4.78. The van der Waals surface area contributed by atoms with Gasteiger partial charge in [0.15, 0.2) is 5.69 Å². The summed E-state index contributed by atoms with van der Waals surface area (Å²) in [5.74, 6) is -0.955. The quantitative estimate of drug-likeness (QED) is 0.747. The van der Waals surface area contributed by atoms with Crippen LogP contribution in [0, 0.1) is 0 Å². The molecule has 1 aromatic rings. The first kappa shape index (κ1) is 12.6. The van der Waals surface area contributed by atoms with E-state index in [2.05, 4.69) is 10.3 Å². The molecule has 0 atom stereocenters. The Hall–Kier alpha value is -1.44. The predicted molar refractivity (Wildman–Crippen MR) is 55.9 cm³/mol. The molecule has 0 aromatic carbocycles. The molecule has 0 spiro atoms. The zero-order valence-electron chi connectivity index (χ0n) is 8.83. The molecule has 0 aliphatic rings. The smallest absolute Gasteiger partial charge is 0.358 e. The molecule has 16 heavy (non-hydrogen) atoms. The summed E-state index contributed by atoms with van der Waals surface area (Å²) in [6.07, 6.45) is 1.68. The van der Waals surface area contributed by atoms with Crippen LogP contribution in [-0.2, 0) is 16.4 Å². The molecule has 0 bridgehead atoms. The van der Waals surface area contributed by atoms with E-state index in [9.17, 15) is 13.2 Å². The molecule has 0 fully saturated rings. The van der Waals surface area contributed by atoms with E-state index in [1.807, 2.05) is 0 Å². The molecule has 0 radical (unpaired) electrons. The van der Waals surface area contributed by atoms with Crippen molar-refractivity contribution in [1.82, 2.24) is 15.0 Å². The minimum Gasteiger partial charge on any atom is -0.476 e. The van der Waals surface area contributed by atoms with Gasteiger partial charge in [0.1, 0.15) is 9.84 Å². The Kier molecular flexibility index (Phi) is 3.99. The molecule has 1 rings (SSSR count). The van der Waals surface area contributed by atoms with Crippen molar-refractivity contribution in [2.75, 3.05) is 11.5 Å². The molecule has 0 amide bonds. The highest BCUT2D eigenvalue weighted by Gasteiger charge is 2.10. The lowest BCUT2D eigenvalue weighted by Crippen LogP contribution is -2.11. The highest BCUT2D eigenvalue weighted by atomic mass is 32.2. The first-order valence-corrected chi connectivity index (χ1v) is 6.60. The van der Waals surface area contributed by atoms with Crippen molar-refractivity contribution in [3.63, 3.8) is 0 Å². The van der Waals surface area contributed by atoms with Crippen LogP contribution in [-0.4, -0.2) is 46.0 Å². The van der Waals surface area contributed by atoms with Gasteiger partial charge in [-0.3, -0.25) is 4.68 Å². The monoisotopic (exact) mass is 247 g/mol. The SMILES string of the molecule is CCS(=O)(=O)CCCn1cc(C(=O)O)nn1. The van der Waals surface area contributed by atoms with Gasteiger partial charge in [0.25, 0.3) is 0 Å². The fraction of sp³-hybridized carbons (Fsp3) is 0.625. The van der Waals surface area contributed by atoms with E-state index < -0.39 is 15.8 Å². The summed E-state index contributed by atoms with van der Waals surface area (Å²) in [4.78, 5) is 10.5. The van der Waals surface area contributed by atoms with Gasteiger partial charge in [0.2, 0.25) is 0 Å². The average Bonchev–Trinajstić information content (AvgIpc) is 2.66. The molecule has 0 saturated heterocycles. The number of carboxylic acid groups (broad SMARTS) is 1. The lowest BCUT2D eigenvalue weighted by Gasteiger charge is -2.00. The third-order valence-corrected chi connectivity index (χ3v) is 3.83. The number of carboxylic acids is 1. The standard InChI is InChI=1S/C8H13N3O4S/c1-2-16(14,15)5-3-4-11-6-7(8(12)13)9-10-11/h6H,2-5H2,1H3,(H,12,13). The molecule has 0 unspecified atom stereocenters. The largest absolute Gasteiger partial charge is 0.476 e. The van der Waals surface area contributed by atoms with Crippen molar-refractivity contribution < 1.29 is 18.3 Å². The Balaban J connectivity index is 2.46. The van der Waals surface area contributed by atoms with Crippen LogP contribution in [0.25, 0.3) is 0 Å². The maximum Gasteiger partial charge on any atom is 0.358 e. The van der Waals surface area contributed by atoms with Crippen LogP contribution in [0.1, 0.15) is 23.8 Å². The van der Waals surface area contributed by atoms with Gasteiger partial charge in [-0.15, -0.1) is 5.10 Å². The van der Waals surface area contributed by atoms with Gasteiger partial charge in [-0.25, -0.2) is 13.2 Å². The van der Waals surface area contributed by atoms with Crippen LogP contribution in [0.15, 0.2) is 6.20 Å². The fourth-order valence-corrected chi connectivity index (χ4v) is 1.95. The molecule has 0 saturated carbocycles. The van der Waals surface area contributed by atoms with Crippen molar-refractivity contribution in [3.8, 4) is 0 Å². The van der Waals surface area contributed by atoms with E-state index >= 15 is 0 Å². The third-order valence-electron chi connectivity index (χ3n) is 2.04. The molecule has 8 heteroatoms. The maximum atomic E-state index is 11.2. The number of carbonyl (C=O) groups is 1. The molecule has 0 aliphatic heterocycles. The summed E-state index contributed by atoms with van der Waals surface area (Å²) in [6.45, 7) is 1.94. The molecule has 0 aliphatic carbocycles. The average molecular weight is 247 g/mol. The zero-order valence-corrected chi connectivity index (χ0v) is 9.64. The lowest BCUT2D eigenvalue weighted by molar-refractivity contribution is 0.0690. The van der Waals surface area contributed by atoms with E-state index in [-0.39, 0.29) is 17.2 Å². The summed E-state index contributed by atoms with van der Waals surface area (Å²) in [6, 6.07) is 0. The van der Waals surface area contributed by atoms with E-state index in [0.717, 1.165) is 0 Å². The highest BCUT2D eigenvalue weighted by Crippen LogP contribution is 1.98. The van der Waals surface area contributed by atoms with Crippen molar-refractivity contribution in [3.05, 3.63) is 11.9 Å². The van der Waals surface area contributed by atoms with Crippen LogP contribution >= 0.6 is 0 Å². The lowest BCUT2D eigenvalue weighted by atomic mass is 10.4. The number of sulfone groups is 1. The minimum absolute atomic E-state index is 0.0752. The second-order valence-corrected chi connectivity index (χ2v) is 5.73. The van der Waals surface area contributed by atoms with Gasteiger partial charge in [-0.2, -0.15) is 0 Å². The molecular formula is C8H13N3O4S. The van der Waals surface area contributed by atoms with E-state index in [1.54, 1.807) is 6.92 Å². The topological polar surface area (TPSA) is 102 Å². The van der Waals surface area contributed by atoms with E-state index in [0.29, 0.717) is 13.0 Å². The van der Waals surface area contributed by atoms with Gasteiger partial charge in [0.05, 0.1) is 11.9 Å². The van der Waals surface area contributed by atoms with Crippen LogP contribution < -0.4 is 0 Å². The fourth-order valence-electron chi connectivity index (χ4n) is 1.10. The van der Waals surface area contributed by atoms with E-state index in [4.69, 9.17) is 5.11 Å². The Morgan fingerprint density at radius 1 is 1.56 bits per heavy atom. The second-order valence-electron chi connectivity index (χ2n) is 3.26. The van der Waals surface area contributed by atoms with Gasteiger partial charge in [-0.05, 0) is 6.42 Å². The van der Waals surface area contributed by atoms with Gasteiger partial charge in [-0.1, -0.05) is 12.1 Å². The Bertz CT molecular complexity index is 465. The van der Waals surface area contributed by atoms with Crippen molar-refractivity contribution >= 4 is 15.8 Å². The van der Waals surface area contributed by atoms with Crippen LogP contribution in [0.5, 0.6) is 0 Å². The van der Waals surface area contributed by atoms with Crippen molar-refractivity contribution in [1.29, 1.82) is 0 Å².